The zero-order valence-corrected chi connectivity index (χ0v) is 14.6. The van der Waals surface area contributed by atoms with Gasteiger partial charge in [-0.3, -0.25) is 4.79 Å². The van der Waals surface area contributed by atoms with Crippen LogP contribution in [0.2, 0.25) is 0 Å². The van der Waals surface area contributed by atoms with Crippen molar-refractivity contribution < 1.29 is 14.3 Å². The number of amides is 3. The third-order valence-electron chi connectivity index (χ3n) is 5.17. The number of hydrogen-bond acceptors (Lipinski definition) is 3. The predicted octanol–water partition coefficient (Wildman–Crippen LogP) is 3.13. The highest BCUT2D eigenvalue weighted by atomic mass is 16.5. The maximum Gasteiger partial charge on any atom is 0.315 e. The largest absolute Gasteiger partial charge is 0.493 e. The van der Waals surface area contributed by atoms with Crippen LogP contribution in [-0.4, -0.2) is 36.0 Å². The average Bonchev–Trinajstić information content (AvgIpc) is 3.12. The van der Waals surface area contributed by atoms with E-state index in [1.165, 1.54) is 37.0 Å². The predicted molar refractivity (Wildman–Crippen MR) is 96.5 cm³/mol. The molecule has 3 amide bonds. The molecule has 0 radical (unpaired) electrons. The lowest BCUT2D eigenvalue weighted by molar-refractivity contribution is -0.119. The first kappa shape index (κ1) is 17.6. The Morgan fingerprint density at radius 3 is 2.48 bits per heavy atom. The highest BCUT2D eigenvalue weighted by Crippen LogP contribution is 2.25. The average molecular weight is 345 g/mol. The minimum Gasteiger partial charge on any atom is -0.493 e. The molecule has 0 aromatic heterocycles. The summed E-state index contributed by atoms with van der Waals surface area (Å²) < 4.78 is 5.87. The highest BCUT2D eigenvalue weighted by Gasteiger charge is 2.32. The lowest BCUT2D eigenvalue weighted by atomic mass is 9.90. The minimum atomic E-state index is -0.538. The van der Waals surface area contributed by atoms with Gasteiger partial charge in [0.2, 0.25) is 5.91 Å². The van der Waals surface area contributed by atoms with Gasteiger partial charge in [0.25, 0.3) is 0 Å². The molecule has 0 spiro atoms. The van der Waals surface area contributed by atoms with Crippen molar-refractivity contribution in [2.24, 2.45) is 11.7 Å². The number of likely N-dealkylation sites (tertiary alicyclic amines) is 1. The fourth-order valence-electron chi connectivity index (χ4n) is 3.73. The third-order valence-corrected chi connectivity index (χ3v) is 5.17. The number of primary amides is 1. The zero-order valence-electron chi connectivity index (χ0n) is 14.6. The van der Waals surface area contributed by atoms with Gasteiger partial charge in [-0.15, -0.1) is 0 Å². The van der Waals surface area contributed by atoms with Gasteiger partial charge in [-0.05, 0) is 55.9 Å². The normalized spacial score (nSPS) is 21.1. The summed E-state index contributed by atoms with van der Waals surface area (Å²) in [5.74, 6) is 1.30. The number of benzene rings is 1. The van der Waals surface area contributed by atoms with E-state index in [-0.39, 0.29) is 5.91 Å². The molecular formula is C19H27N3O3. The molecule has 1 saturated heterocycles. The molecule has 3 N–H and O–H groups in total. The Morgan fingerprint density at radius 1 is 1.08 bits per heavy atom. The van der Waals surface area contributed by atoms with Gasteiger partial charge in [0.15, 0.2) is 0 Å². The lowest BCUT2D eigenvalue weighted by Gasteiger charge is -2.22. The number of nitrogens with two attached hydrogens (primary N) is 1. The Balaban J connectivity index is 1.50. The van der Waals surface area contributed by atoms with Crippen LogP contribution in [0.5, 0.6) is 5.75 Å². The number of carbonyl (C=O) groups is 2. The highest BCUT2D eigenvalue weighted by molar-refractivity contribution is 5.97. The van der Waals surface area contributed by atoms with Crippen molar-refractivity contribution in [3.8, 4) is 5.75 Å². The van der Waals surface area contributed by atoms with Gasteiger partial charge >= 0.3 is 6.03 Å². The second-order valence-corrected chi connectivity index (χ2v) is 7.02. The Bertz CT molecular complexity index is 596. The standard InChI is InChI=1S/C19H27N3O3/c20-19(24)22-12-4-7-17(22)18(23)21-15-8-10-16(11-9-15)25-13-14-5-2-1-3-6-14/h8-11,14,17H,1-7,12-13H2,(H2,20,24)(H,21,23)/t17-/m0/s1. The van der Waals surface area contributed by atoms with Crippen LogP contribution in [0.15, 0.2) is 24.3 Å². The van der Waals surface area contributed by atoms with Gasteiger partial charge in [0.05, 0.1) is 6.61 Å². The van der Waals surface area contributed by atoms with E-state index in [0.29, 0.717) is 24.6 Å². The topological polar surface area (TPSA) is 84.7 Å². The third kappa shape index (κ3) is 4.65. The molecule has 1 saturated carbocycles. The van der Waals surface area contributed by atoms with Crippen molar-refractivity contribution in [1.29, 1.82) is 0 Å². The van der Waals surface area contributed by atoms with Crippen molar-refractivity contribution in [2.45, 2.75) is 51.0 Å². The molecule has 1 aliphatic heterocycles. The maximum absolute atomic E-state index is 12.4. The van der Waals surface area contributed by atoms with Crippen LogP contribution in [0.25, 0.3) is 0 Å². The molecule has 0 unspecified atom stereocenters. The first-order valence-corrected chi connectivity index (χ1v) is 9.23. The van der Waals surface area contributed by atoms with E-state index in [1.54, 1.807) is 0 Å². The molecule has 1 heterocycles. The van der Waals surface area contributed by atoms with Gasteiger partial charge < -0.3 is 20.7 Å². The van der Waals surface area contributed by atoms with E-state index in [9.17, 15) is 9.59 Å². The summed E-state index contributed by atoms with van der Waals surface area (Å²) in [6.45, 7) is 1.31. The van der Waals surface area contributed by atoms with E-state index in [0.717, 1.165) is 18.8 Å². The van der Waals surface area contributed by atoms with Gasteiger partial charge in [-0.25, -0.2) is 4.79 Å². The first-order chi connectivity index (χ1) is 12.1. The van der Waals surface area contributed by atoms with Crippen molar-refractivity contribution in [3.05, 3.63) is 24.3 Å². The van der Waals surface area contributed by atoms with Gasteiger partial charge in [-0.2, -0.15) is 0 Å². The second kappa shape index (κ2) is 8.23. The first-order valence-electron chi connectivity index (χ1n) is 9.23. The lowest BCUT2D eigenvalue weighted by Crippen LogP contribution is -2.45. The summed E-state index contributed by atoms with van der Waals surface area (Å²) in [5, 5.41) is 2.86. The summed E-state index contributed by atoms with van der Waals surface area (Å²) in [6.07, 6.45) is 7.92. The maximum atomic E-state index is 12.4. The monoisotopic (exact) mass is 345 g/mol. The van der Waals surface area contributed by atoms with Gasteiger partial charge in [0.1, 0.15) is 11.8 Å². The van der Waals surface area contributed by atoms with E-state index in [1.807, 2.05) is 24.3 Å². The number of anilines is 1. The molecule has 136 valence electrons. The number of nitrogens with one attached hydrogen (secondary N) is 1. The number of urea groups is 1. The molecule has 1 aromatic carbocycles. The molecule has 3 rings (SSSR count). The van der Waals surface area contributed by atoms with Crippen molar-refractivity contribution in [2.75, 3.05) is 18.5 Å². The number of nitrogens with zero attached hydrogens (tertiary/aromatic N) is 1. The minimum absolute atomic E-state index is 0.188. The summed E-state index contributed by atoms with van der Waals surface area (Å²) in [7, 11) is 0. The molecule has 0 bridgehead atoms. The van der Waals surface area contributed by atoms with Crippen molar-refractivity contribution in [1.82, 2.24) is 4.90 Å². The number of hydrogen-bond donors (Lipinski definition) is 2. The van der Waals surface area contributed by atoms with Crippen molar-refractivity contribution in [3.63, 3.8) is 0 Å². The molecule has 6 heteroatoms. The summed E-state index contributed by atoms with van der Waals surface area (Å²) in [5.41, 5.74) is 6.02. The van der Waals surface area contributed by atoms with E-state index >= 15 is 0 Å². The van der Waals surface area contributed by atoms with Crippen LogP contribution >= 0.6 is 0 Å². The van der Waals surface area contributed by atoms with Crippen molar-refractivity contribution >= 4 is 17.6 Å². The quantitative estimate of drug-likeness (QED) is 0.860. The van der Waals surface area contributed by atoms with Crippen LogP contribution in [0.1, 0.15) is 44.9 Å². The summed E-state index contributed by atoms with van der Waals surface area (Å²) in [6, 6.07) is 6.40. The van der Waals surface area contributed by atoms with Crippen LogP contribution in [0.3, 0.4) is 0 Å². The molecule has 2 aliphatic rings. The van der Waals surface area contributed by atoms with E-state index in [4.69, 9.17) is 10.5 Å². The number of ether oxygens (including phenoxy) is 1. The molecule has 25 heavy (non-hydrogen) atoms. The van der Waals surface area contributed by atoms with Gasteiger partial charge in [0, 0.05) is 12.2 Å². The summed E-state index contributed by atoms with van der Waals surface area (Å²) >= 11 is 0. The smallest absolute Gasteiger partial charge is 0.315 e. The molecule has 6 nitrogen and oxygen atoms in total. The molecule has 1 atom stereocenters. The van der Waals surface area contributed by atoms with E-state index in [2.05, 4.69) is 5.32 Å². The van der Waals surface area contributed by atoms with Crippen LogP contribution < -0.4 is 15.8 Å². The van der Waals surface area contributed by atoms with Crippen LogP contribution in [-0.2, 0) is 4.79 Å². The van der Waals surface area contributed by atoms with E-state index < -0.39 is 12.1 Å². The Kier molecular flexibility index (Phi) is 5.79. The number of rotatable bonds is 5. The fourth-order valence-corrected chi connectivity index (χ4v) is 3.73. The second-order valence-electron chi connectivity index (χ2n) is 7.02. The molecule has 1 aliphatic carbocycles. The fraction of sp³-hybridized carbons (Fsp3) is 0.579. The molecular weight excluding hydrogens is 318 g/mol. The number of carbonyl (C=O) groups excluding carboxylic acids is 2. The Labute approximate surface area is 148 Å². The zero-order chi connectivity index (χ0) is 17.6. The van der Waals surface area contributed by atoms with Crippen LogP contribution in [0, 0.1) is 5.92 Å². The molecule has 1 aromatic rings. The Morgan fingerprint density at radius 2 is 1.80 bits per heavy atom. The summed E-state index contributed by atoms with van der Waals surface area (Å²) in [4.78, 5) is 25.2. The van der Waals surface area contributed by atoms with Crippen LogP contribution in [0.4, 0.5) is 10.5 Å². The van der Waals surface area contributed by atoms with Gasteiger partial charge in [-0.1, -0.05) is 19.3 Å². The SMILES string of the molecule is NC(=O)N1CCC[C@H]1C(=O)Nc1ccc(OCC2CCCCC2)cc1. The molecule has 2 fully saturated rings. The Hall–Kier alpha value is -2.24.